The largest absolute Gasteiger partial charge is 0.496 e. The molecular formula is C19H23ClN4O3. The van der Waals surface area contributed by atoms with E-state index in [4.69, 9.17) is 16.3 Å². The molecular weight excluding hydrogens is 368 g/mol. The van der Waals surface area contributed by atoms with Crippen LogP contribution in [-0.2, 0) is 5.54 Å². The fourth-order valence-corrected chi connectivity index (χ4v) is 2.97. The number of carbonyl (C=O) groups excluding carboxylic acids is 2. The highest BCUT2D eigenvalue weighted by molar-refractivity contribution is 6.30. The number of amides is 2. The van der Waals surface area contributed by atoms with Crippen LogP contribution < -0.4 is 15.6 Å². The van der Waals surface area contributed by atoms with Crippen LogP contribution in [0.3, 0.4) is 0 Å². The lowest BCUT2D eigenvalue weighted by molar-refractivity contribution is 0.0841. The predicted octanol–water partition coefficient (Wildman–Crippen LogP) is 3.25. The van der Waals surface area contributed by atoms with Crippen molar-refractivity contribution in [2.75, 3.05) is 7.11 Å². The molecule has 2 amide bonds. The Bertz CT molecular complexity index is 882. The second-order valence-corrected chi connectivity index (χ2v) is 8.00. The van der Waals surface area contributed by atoms with Gasteiger partial charge in [-0.3, -0.25) is 25.1 Å². The third kappa shape index (κ3) is 4.24. The zero-order valence-electron chi connectivity index (χ0n) is 15.8. The summed E-state index contributed by atoms with van der Waals surface area (Å²) in [7, 11) is 1.44. The van der Waals surface area contributed by atoms with Gasteiger partial charge in [-0.1, -0.05) is 11.6 Å². The first kappa shape index (κ1) is 19.2. The van der Waals surface area contributed by atoms with Gasteiger partial charge in [0, 0.05) is 16.6 Å². The summed E-state index contributed by atoms with van der Waals surface area (Å²) in [5.74, 6) is -0.204. The Hall–Kier alpha value is -2.54. The Morgan fingerprint density at radius 3 is 2.44 bits per heavy atom. The molecule has 1 heterocycles. The monoisotopic (exact) mass is 390 g/mol. The van der Waals surface area contributed by atoms with Gasteiger partial charge in [0.25, 0.3) is 11.8 Å². The minimum absolute atomic E-state index is 0.226. The number of hydrogen-bond donors (Lipinski definition) is 2. The first-order chi connectivity index (χ1) is 12.7. The van der Waals surface area contributed by atoms with Gasteiger partial charge in [0.15, 0.2) is 5.69 Å². The third-order valence-corrected chi connectivity index (χ3v) is 4.53. The molecule has 144 valence electrons. The van der Waals surface area contributed by atoms with Gasteiger partial charge in [0.1, 0.15) is 5.75 Å². The molecule has 1 aromatic carbocycles. The van der Waals surface area contributed by atoms with E-state index in [1.807, 2.05) is 25.5 Å². The zero-order chi connectivity index (χ0) is 19.8. The highest BCUT2D eigenvalue weighted by Crippen LogP contribution is 2.41. The molecule has 0 unspecified atom stereocenters. The van der Waals surface area contributed by atoms with Crippen molar-refractivity contribution in [2.45, 2.75) is 45.1 Å². The van der Waals surface area contributed by atoms with Gasteiger partial charge in [0.2, 0.25) is 0 Å². The highest BCUT2D eigenvalue weighted by atomic mass is 35.5. The van der Waals surface area contributed by atoms with Gasteiger partial charge in [-0.2, -0.15) is 5.10 Å². The molecule has 7 nitrogen and oxygen atoms in total. The lowest BCUT2D eigenvalue weighted by atomic mass is 10.1. The van der Waals surface area contributed by atoms with Crippen LogP contribution in [0.4, 0.5) is 0 Å². The number of aromatic nitrogens is 2. The number of halogens is 1. The van der Waals surface area contributed by atoms with E-state index in [-0.39, 0.29) is 16.8 Å². The molecule has 0 bridgehead atoms. The van der Waals surface area contributed by atoms with Crippen LogP contribution in [0.5, 0.6) is 5.75 Å². The van der Waals surface area contributed by atoms with Gasteiger partial charge < -0.3 is 4.74 Å². The number of rotatable bonds is 4. The number of methoxy groups -OCH3 is 1. The normalized spacial score (nSPS) is 14.0. The van der Waals surface area contributed by atoms with Crippen molar-refractivity contribution < 1.29 is 14.3 Å². The van der Waals surface area contributed by atoms with Crippen LogP contribution in [0.1, 0.15) is 66.1 Å². The average molecular weight is 391 g/mol. The van der Waals surface area contributed by atoms with Crippen molar-refractivity contribution in [3.8, 4) is 5.75 Å². The topological polar surface area (TPSA) is 85.3 Å². The minimum atomic E-state index is -0.505. The van der Waals surface area contributed by atoms with E-state index in [9.17, 15) is 9.59 Å². The van der Waals surface area contributed by atoms with Crippen molar-refractivity contribution in [2.24, 2.45) is 0 Å². The van der Waals surface area contributed by atoms with Gasteiger partial charge in [0.05, 0.1) is 18.2 Å². The van der Waals surface area contributed by atoms with Crippen LogP contribution in [0, 0.1) is 0 Å². The summed E-state index contributed by atoms with van der Waals surface area (Å²) in [5.41, 5.74) is 6.17. The molecule has 1 aromatic heterocycles. The maximum atomic E-state index is 12.5. The molecule has 2 aromatic rings. The molecule has 1 saturated carbocycles. The van der Waals surface area contributed by atoms with Crippen LogP contribution in [0.25, 0.3) is 0 Å². The number of ether oxygens (including phenoxy) is 1. The van der Waals surface area contributed by atoms with E-state index in [1.165, 1.54) is 19.2 Å². The molecule has 0 spiro atoms. The summed E-state index contributed by atoms with van der Waals surface area (Å²) in [6, 6.07) is 6.44. The molecule has 27 heavy (non-hydrogen) atoms. The maximum Gasteiger partial charge on any atom is 0.290 e. The number of hydrazine groups is 1. The SMILES string of the molecule is COc1cc(Cl)ccc1C(=O)NNC(=O)c1cc(C2CC2)n(C(C)(C)C)n1. The molecule has 8 heteroatoms. The lowest BCUT2D eigenvalue weighted by Crippen LogP contribution is -2.42. The average Bonchev–Trinajstić information content (AvgIpc) is 3.35. The molecule has 0 atom stereocenters. The Kier molecular flexibility index (Phi) is 5.15. The van der Waals surface area contributed by atoms with Crippen LogP contribution in [0.15, 0.2) is 24.3 Å². The van der Waals surface area contributed by atoms with E-state index >= 15 is 0 Å². The number of nitrogens with zero attached hydrogens (tertiary/aromatic N) is 2. The van der Waals surface area contributed by atoms with Gasteiger partial charge in [-0.05, 0) is 57.9 Å². The Balaban J connectivity index is 1.72. The molecule has 2 N–H and O–H groups in total. The summed E-state index contributed by atoms with van der Waals surface area (Å²) in [5, 5.41) is 4.90. The van der Waals surface area contributed by atoms with Crippen LogP contribution >= 0.6 is 11.6 Å². The third-order valence-electron chi connectivity index (χ3n) is 4.30. The summed E-state index contributed by atoms with van der Waals surface area (Å²) in [6.45, 7) is 6.13. The Morgan fingerprint density at radius 1 is 1.19 bits per heavy atom. The highest BCUT2D eigenvalue weighted by Gasteiger charge is 2.32. The van der Waals surface area contributed by atoms with Crippen molar-refractivity contribution in [3.63, 3.8) is 0 Å². The number of hydrogen-bond acceptors (Lipinski definition) is 4. The fraction of sp³-hybridized carbons (Fsp3) is 0.421. The summed E-state index contributed by atoms with van der Waals surface area (Å²) in [4.78, 5) is 24.8. The standard InChI is InChI=1S/C19H23ClN4O3/c1-19(2,3)24-15(11-5-6-11)10-14(23-24)18(26)22-21-17(25)13-8-7-12(20)9-16(13)27-4/h7-11H,5-6H2,1-4H3,(H,21,25)(H,22,26). The Morgan fingerprint density at radius 2 is 1.85 bits per heavy atom. The van der Waals surface area contributed by atoms with E-state index in [0.717, 1.165) is 18.5 Å². The summed E-state index contributed by atoms with van der Waals surface area (Å²) in [6.07, 6.45) is 2.21. The molecule has 1 fully saturated rings. The predicted molar refractivity (Wildman–Crippen MR) is 102 cm³/mol. The second-order valence-electron chi connectivity index (χ2n) is 7.56. The molecule has 1 aliphatic rings. The first-order valence-corrected chi connectivity index (χ1v) is 9.13. The zero-order valence-corrected chi connectivity index (χ0v) is 16.6. The van der Waals surface area contributed by atoms with Crippen LogP contribution in [0.2, 0.25) is 5.02 Å². The minimum Gasteiger partial charge on any atom is -0.496 e. The van der Waals surface area contributed by atoms with Crippen molar-refractivity contribution in [1.29, 1.82) is 0 Å². The molecule has 0 saturated heterocycles. The van der Waals surface area contributed by atoms with E-state index < -0.39 is 11.8 Å². The first-order valence-electron chi connectivity index (χ1n) is 8.75. The molecule has 3 rings (SSSR count). The van der Waals surface area contributed by atoms with Gasteiger partial charge >= 0.3 is 0 Å². The van der Waals surface area contributed by atoms with E-state index in [0.29, 0.717) is 16.7 Å². The van der Waals surface area contributed by atoms with Gasteiger partial charge in [-0.25, -0.2) is 0 Å². The number of nitrogens with one attached hydrogen (secondary N) is 2. The Labute approximate surface area is 163 Å². The summed E-state index contributed by atoms with van der Waals surface area (Å²) < 4.78 is 7.05. The van der Waals surface area contributed by atoms with Crippen molar-refractivity contribution >= 4 is 23.4 Å². The fourth-order valence-electron chi connectivity index (χ4n) is 2.81. The van der Waals surface area contributed by atoms with E-state index in [2.05, 4.69) is 16.0 Å². The van der Waals surface area contributed by atoms with Gasteiger partial charge in [-0.15, -0.1) is 0 Å². The molecule has 0 radical (unpaired) electrons. The number of carbonyl (C=O) groups is 2. The molecule has 0 aliphatic heterocycles. The smallest absolute Gasteiger partial charge is 0.290 e. The van der Waals surface area contributed by atoms with Crippen LogP contribution in [-0.4, -0.2) is 28.7 Å². The quantitative estimate of drug-likeness (QED) is 0.785. The van der Waals surface area contributed by atoms with Crippen molar-refractivity contribution in [3.05, 3.63) is 46.2 Å². The van der Waals surface area contributed by atoms with E-state index in [1.54, 1.807) is 12.1 Å². The summed E-state index contributed by atoms with van der Waals surface area (Å²) >= 11 is 5.90. The van der Waals surface area contributed by atoms with Crippen molar-refractivity contribution in [1.82, 2.24) is 20.6 Å². The lowest BCUT2D eigenvalue weighted by Gasteiger charge is -2.22. The second kappa shape index (κ2) is 7.23. The number of benzene rings is 1. The maximum absolute atomic E-state index is 12.5. The molecule has 1 aliphatic carbocycles.